The van der Waals surface area contributed by atoms with E-state index in [-0.39, 0.29) is 17.7 Å². The number of hydrogen-bond acceptors (Lipinski definition) is 5. The maximum atomic E-state index is 12.1. The molecule has 0 bridgehead atoms. The van der Waals surface area contributed by atoms with Gasteiger partial charge < -0.3 is 10.2 Å². The van der Waals surface area contributed by atoms with E-state index in [0.717, 1.165) is 11.1 Å². The first-order chi connectivity index (χ1) is 12.6. The normalized spacial score (nSPS) is 10.7. The van der Waals surface area contributed by atoms with E-state index in [1.165, 1.54) is 16.8 Å². The van der Waals surface area contributed by atoms with Crippen LogP contribution < -0.4 is 5.56 Å². The number of hydrogen-bond donors (Lipinski definition) is 2. The molecule has 2 heterocycles. The molecule has 0 aliphatic rings. The molecule has 7 nitrogen and oxygen atoms in total. The van der Waals surface area contributed by atoms with Gasteiger partial charge in [0.25, 0.3) is 5.56 Å². The molecule has 0 aliphatic carbocycles. The van der Waals surface area contributed by atoms with Crippen LogP contribution in [-0.2, 0) is 19.6 Å². The molecule has 0 saturated carbocycles. The fraction of sp³-hybridized carbons (Fsp3) is 0.158. The van der Waals surface area contributed by atoms with Gasteiger partial charge >= 0.3 is 5.97 Å². The Bertz CT molecular complexity index is 981. The SMILES string of the molecule is O=C(O)c1cccc(CCn2nc(-c3ccc(CO)nc3)ccc2=O)c1. The molecule has 0 aliphatic heterocycles. The Morgan fingerprint density at radius 2 is 1.96 bits per heavy atom. The number of aromatic carboxylic acids is 1. The molecule has 2 aromatic heterocycles. The summed E-state index contributed by atoms with van der Waals surface area (Å²) in [5.41, 5.74) is 2.69. The van der Waals surface area contributed by atoms with Gasteiger partial charge in [0.15, 0.2) is 0 Å². The molecule has 1 aromatic carbocycles. The van der Waals surface area contributed by atoms with Crippen LogP contribution in [0.5, 0.6) is 0 Å². The third-order valence-electron chi connectivity index (χ3n) is 3.94. The van der Waals surface area contributed by atoms with E-state index < -0.39 is 5.97 Å². The minimum Gasteiger partial charge on any atom is -0.478 e. The summed E-state index contributed by atoms with van der Waals surface area (Å²) in [5.74, 6) is -0.983. The molecule has 7 heteroatoms. The zero-order valence-electron chi connectivity index (χ0n) is 13.9. The Morgan fingerprint density at radius 3 is 2.65 bits per heavy atom. The maximum absolute atomic E-state index is 12.1. The van der Waals surface area contributed by atoms with Gasteiger partial charge in [0.1, 0.15) is 0 Å². The molecule has 0 amide bonds. The van der Waals surface area contributed by atoms with Gasteiger partial charge in [-0.15, -0.1) is 0 Å². The van der Waals surface area contributed by atoms with Crippen molar-refractivity contribution >= 4 is 5.97 Å². The molecule has 0 fully saturated rings. The van der Waals surface area contributed by atoms with Crippen molar-refractivity contribution < 1.29 is 15.0 Å². The quantitative estimate of drug-likeness (QED) is 0.701. The van der Waals surface area contributed by atoms with Crippen LogP contribution >= 0.6 is 0 Å². The van der Waals surface area contributed by atoms with Crippen molar-refractivity contribution in [2.24, 2.45) is 0 Å². The van der Waals surface area contributed by atoms with Gasteiger partial charge in [-0.05, 0) is 42.3 Å². The summed E-state index contributed by atoms with van der Waals surface area (Å²) < 4.78 is 1.35. The van der Waals surface area contributed by atoms with Crippen LogP contribution in [0.1, 0.15) is 21.6 Å². The first-order valence-electron chi connectivity index (χ1n) is 8.03. The number of carboxylic acids is 1. The third kappa shape index (κ3) is 4.01. The first-order valence-corrected chi connectivity index (χ1v) is 8.03. The zero-order chi connectivity index (χ0) is 18.5. The highest BCUT2D eigenvalue weighted by atomic mass is 16.4. The first kappa shape index (κ1) is 17.5. The van der Waals surface area contributed by atoms with Crippen molar-refractivity contribution in [1.82, 2.24) is 14.8 Å². The van der Waals surface area contributed by atoms with Crippen molar-refractivity contribution in [3.8, 4) is 11.3 Å². The van der Waals surface area contributed by atoms with Crippen molar-refractivity contribution in [3.05, 3.63) is 81.9 Å². The average molecular weight is 351 g/mol. The van der Waals surface area contributed by atoms with Crippen LogP contribution in [0.15, 0.2) is 59.5 Å². The lowest BCUT2D eigenvalue weighted by Crippen LogP contribution is -2.23. The molecule has 3 rings (SSSR count). The molecular weight excluding hydrogens is 334 g/mol. The second kappa shape index (κ2) is 7.71. The molecule has 132 valence electrons. The fourth-order valence-corrected chi connectivity index (χ4v) is 2.53. The Hall–Kier alpha value is -3.32. The predicted octanol–water partition coefficient (Wildman–Crippen LogP) is 1.74. The lowest BCUT2D eigenvalue weighted by atomic mass is 10.1. The molecule has 0 atom stereocenters. The Morgan fingerprint density at radius 1 is 1.12 bits per heavy atom. The minimum atomic E-state index is -0.983. The van der Waals surface area contributed by atoms with Crippen molar-refractivity contribution in [2.45, 2.75) is 19.6 Å². The maximum Gasteiger partial charge on any atom is 0.335 e. The van der Waals surface area contributed by atoms with Crippen molar-refractivity contribution in [3.63, 3.8) is 0 Å². The number of aliphatic hydroxyl groups excluding tert-OH is 1. The number of aliphatic hydroxyl groups is 1. The number of nitrogens with zero attached hydrogens (tertiary/aromatic N) is 3. The lowest BCUT2D eigenvalue weighted by molar-refractivity contribution is 0.0696. The number of pyridine rings is 1. The topological polar surface area (TPSA) is 105 Å². The highest BCUT2D eigenvalue weighted by Gasteiger charge is 2.07. The average Bonchev–Trinajstić information content (AvgIpc) is 2.67. The van der Waals surface area contributed by atoms with Gasteiger partial charge in [-0.2, -0.15) is 5.10 Å². The molecule has 26 heavy (non-hydrogen) atoms. The Labute approximate surface area is 149 Å². The number of benzene rings is 1. The van der Waals surface area contributed by atoms with Crippen LogP contribution in [0.3, 0.4) is 0 Å². The molecule has 0 spiro atoms. The van der Waals surface area contributed by atoms with Gasteiger partial charge in [0, 0.05) is 24.4 Å². The molecule has 0 radical (unpaired) electrons. The number of aryl methyl sites for hydroxylation is 2. The summed E-state index contributed by atoms with van der Waals surface area (Å²) in [7, 11) is 0. The second-order valence-corrected chi connectivity index (χ2v) is 5.73. The number of carboxylic acid groups (broad SMARTS) is 1. The molecule has 0 saturated heterocycles. The fourth-order valence-electron chi connectivity index (χ4n) is 2.53. The number of rotatable bonds is 6. The van der Waals surface area contributed by atoms with Gasteiger partial charge in [0.2, 0.25) is 0 Å². The van der Waals surface area contributed by atoms with E-state index >= 15 is 0 Å². The summed E-state index contributed by atoms with van der Waals surface area (Å²) in [6.45, 7) is 0.195. The molecule has 0 unspecified atom stereocenters. The van der Waals surface area contributed by atoms with E-state index in [0.29, 0.717) is 24.4 Å². The van der Waals surface area contributed by atoms with E-state index in [1.54, 1.807) is 36.5 Å². The lowest BCUT2D eigenvalue weighted by Gasteiger charge is -2.08. The number of aromatic nitrogens is 3. The van der Waals surface area contributed by atoms with Crippen LogP contribution in [-0.4, -0.2) is 30.9 Å². The number of carbonyl (C=O) groups is 1. The largest absolute Gasteiger partial charge is 0.478 e. The highest BCUT2D eigenvalue weighted by molar-refractivity contribution is 5.87. The van der Waals surface area contributed by atoms with Crippen LogP contribution in [0.4, 0.5) is 0 Å². The van der Waals surface area contributed by atoms with E-state index in [2.05, 4.69) is 10.1 Å². The summed E-state index contributed by atoms with van der Waals surface area (Å²) >= 11 is 0. The van der Waals surface area contributed by atoms with Crippen molar-refractivity contribution in [2.75, 3.05) is 0 Å². The second-order valence-electron chi connectivity index (χ2n) is 5.73. The third-order valence-corrected chi connectivity index (χ3v) is 3.94. The van der Waals surface area contributed by atoms with Gasteiger partial charge in [-0.1, -0.05) is 12.1 Å². The van der Waals surface area contributed by atoms with Crippen LogP contribution in [0.2, 0.25) is 0 Å². The standard InChI is InChI=1S/C19H17N3O4/c23-12-16-5-4-15(11-20-16)17-6-7-18(24)22(21-17)9-8-13-2-1-3-14(10-13)19(25)26/h1-7,10-11,23H,8-9,12H2,(H,25,26). The van der Waals surface area contributed by atoms with E-state index in [1.807, 2.05) is 6.07 Å². The van der Waals surface area contributed by atoms with E-state index in [9.17, 15) is 9.59 Å². The molecule has 2 N–H and O–H groups in total. The Balaban J connectivity index is 1.80. The monoisotopic (exact) mass is 351 g/mol. The van der Waals surface area contributed by atoms with Crippen LogP contribution in [0.25, 0.3) is 11.3 Å². The van der Waals surface area contributed by atoms with Gasteiger partial charge in [-0.3, -0.25) is 9.78 Å². The predicted molar refractivity (Wildman–Crippen MR) is 94.8 cm³/mol. The smallest absolute Gasteiger partial charge is 0.335 e. The summed E-state index contributed by atoms with van der Waals surface area (Å²) in [6.07, 6.45) is 2.08. The molecular formula is C19H17N3O4. The molecule has 3 aromatic rings. The summed E-state index contributed by atoms with van der Waals surface area (Å²) in [6, 6.07) is 13.2. The summed E-state index contributed by atoms with van der Waals surface area (Å²) in [5, 5.41) is 22.5. The Kier molecular flexibility index (Phi) is 5.19. The summed E-state index contributed by atoms with van der Waals surface area (Å²) in [4.78, 5) is 27.2. The van der Waals surface area contributed by atoms with Gasteiger partial charge in [0.05, 0.1) is 23.6 Å². The van der Waals surface area contributed by atoms with Gasteiger partial charge in [-0.25, -0.2) is 9.48 Å². The van der Waals surface area contributed by atoms with Crippen LogP contribution in [0, 0.1) is 0 Å². The highest BCUT2D eigenvalue weighted by Crippen LogP contribution is 2.14. The van der Waals surface area contributed by atoms with Crippen molar-refractivity contribution in [1.29, 1.82) is 0 Å². The minimum absolute atomic E-state index is 0.136. The zero-order valence-corrected chi connectivity index (χ0v) is 13.9. The van der Waals surface area contributed by atoms with E-state index in [4.69, 9.17) is 10.2 Å².